The van der Waals surface area contributed by atoms with Crippen LogP contribution in [0.3, 0.4) is 0 Å². The van der Waals surface area contributed by atoms with E-state index in [-0.39, 0.29) is 11.5 Å². The molecule has 0 radical (unpaired) electrons. The molecular formula is C21H29N3O5. The fourth-order valence-electron chi connectivity index (χ4n) is 2.76. The minimum atomic E-state index is -0.669. The Hall–Kier alpha value is -2.71. The van der Waals surface area contributed by atoms with Gasteiger partial charge in [0.25, 0.3) is 5.91 Å². The van der Waals surface area contributed by atoms with Gasteiger partial charge in [0.15, 0.2) is 0 Å². The normalized spacial score (nSPS) is 12.0. The third-order valence-corrected chi connectivity index (χ3v) is 4.86. The Bertz CT molecular complexity index is 933. The van der Waals surface area contributed by atoms with Crippen molar-refractivity contribution < 1.29 is 18.7 Å². The van der Waals surface area contributed by atoms with Crippen molar-refractivity contribution in [1.82, 2.24) is 10.7 Å². The first-order valence-electron chi connectivity index (χ1n) is 9.52. The van der Waals surface area contributed by atoms with Crippen molar-refractivity contribution in [3.63, 3.8) is 0 Å². The maximum Gasteiger partial charge on any atom is 0.349 e. The van der Waals surface area contributed by atoms with E-state index in [9.17, 15) is 14.4 Å². The SMILES string of the molecule is CC(C)(CCNC(=O)c1cc2ccccc2oc1=O)OCCC(C)(C)C(=O)NN. The molecular weight excluding hydrogens is 374 g/mol. The highest BCUT2D eigenvalue weighted by Crippen LogP contribution is 2.22. The molecule has 0 bridgehead atoms. The minimum Gasteiger partial charge on any atom is -0.422 e. The maximum atomic E-state index is 12.4. The summed E-state index contributed by atoms with van der Waals surface area (Å²) in [5, 5.41) is 3.42. The maximum absolute atomic E-state index is 12.4. The molecule has 0 aliphatic rings. The van der Waals surface area contributed by atoms with E-state index in [1.165, 1.54) is 6.07 Å². The van der Waals surface area contributed by atoms with Crippen molar-refractivity contribution in [3.05, 3.63) is 46.3 Å². The number of carbonyl (C=O) groups is 2. The van der Waals surface area contributed by atoms with Gasteiger partial charge in [-0.15, -0.1) is 0 Å². The molecule has 2 rings (SSSR count). The van der Waals surface area contributed by atoms with Gasteiger partial charge in [-0.2, -0.15) is 0 Å². The number of amides is 2. The molecule has 0 unspecified atom stereocenters. The van der Waals surface area contributed by atoms with Crippen LogP contribution in [0.15, 0.2) is 39.5 Å². The van der Waals surface area contributed by atoms with E-state index in [1.54, 1.807) is 32.0 Å². The topological polar surface area (TPSA) is 124 Å². The smallest absolute Gasteiger partial charge is 0.349 e. The van der Waals surface area contributed by atoms with Crippen molar-refractivity contribution in [2.75, 3.05) is 13.2 Å². The average molecular weight is 403 g/mol. The van der Waals surface area contributed by atoms with Crippen LogP contribution in [-0.2, 0) is 9.53 Å². The van der Waals surface area contributed by atoms with Crippen LogP contribution in [0, 0.1) is 5.41 Å². The van der Waals surface area contributed by atoms with Gasteiger partial charge in [0.1, 0.15) is 11.1 Å². The number of nitrogens with one attached hydrogen (secondary N) is 2. The van der Waals surface area contributed by atoms with Crippen LogP contribution in [0.2, 0.25) is 0 Å². The summed E-state index contributed by atoms with van der Waals surface area (Å²) in [6.45, 7) is 8.08. The second-order valence-electron chi connectivity index (χ2n) is 8.21. The van der Waals surface area contributed by atoms with Gasteiger partial charge in [0.2, 0.25) is 5.91 Å². The molecule has 8 nitrogen and oxygen atoms in total. The van der Waals surface area contributed by atoms with Crippen molar-refractivity contribution in [2.24, 2.45) is 11.3 Å². The molecule has 4 N–H and O–H groups in total. The van der Waals surface area contributed by atoms with Crippen LogP contribution >= 0.6 is 0 Å². The summed E-state index contributed by atoms with van der Waals surface area (Å²) in [4.78, 5) is 36.1. The number of ether oxygens (including phenoxy) is 1. The molecule has 158 valence electrons. The lowest BCUT2D eigenvalue weighted by molar-refractivity contribution is -0.131. The van der Waals surface area contributed by atoms with Crippen LogP contribution < -0.4 is 22.2 Å². The largest absolute Gasteiger partial charge is 0.422 e. The second kappa shape index (κ2) is 9.19. The zero-order chi connectivity index (χ0) is 21.7. The van der Waals surface area contributed by atoms with Crippen LogP contribution in [-0.4, -0.2) is 30.6 Å². The highest BCUT2D eigenvalue weighted by atomic mass is 16.5. The summed E-state index contributed by atoms with van der Waals surface area (Å²) in [5.74, 6) is 4.45. The molecule has 0 spiro atoms. The molecule has 29 heavy (non-hydrogen) atoms. The molecule has 0 aliphatic carbocycles. The van der Waals surface area contributed by atoms with Gasteiger partial charge in [0, 0.05) is 24.0 Å². The molecule has 0 saturated heterocycles. The van der Waals surface area contributed by atoms with Crippen molar-refractivity contribution in [1.29, 1.82) is 0 Å². The summed E-state index contributed by atoms with van der Waals surface area (Å²) in [7, 11) is 0. The van der Waals surface area contributed by atoms with E-state index in [0.717, 1.165) is 0 Å². The zero-order valence-electron chi connectivity index (χ0n) is 17.3. The van der Waals surface area contributed by atoms with E-state index < -0.39 is 22.5 Å². The third-order valence-electron chi connectivity index (χ3n) is 4.86. The number of rotatable bonds is 9. The summed E-state index contributed by atoms with van der Waals surface area (Å²) in [5.41, 5.74) is 0.742. The van der Waals surface area contributed by atoms with E-state index in [0.29, 0.717) is 37.0 Å². The highest BCUT2D eigenvalue weighted by molar-refractivity contribution is 5.96. The number of fused-ring (bicyclic) bond motifs is 1. The predicted octanol–water partition coefficient (Wildman–Crippen LogP) is 2.11. The zero-order valence-corrected chi connectivity index (χ0v) is 17.3. The first-order chi connectivity index (χ1) is 13.6. The first-order valence-corrected chi connectivity index (χ1v) is 9.52. The number of hydrogen-bond donors (Lipinski definition) is 3. The third kappa shape index (κ3) is 6.13. The Morgan fingerprint density at radius 2 is 1.83 bits per heavy atom. The van der Waals surface area contributed by atoms with Crippen molar-refractivity contribution >= 4 is 22.8 Å². The van der Waals surface area contributed by atoms with Gasteiger partial charge < -0.3 is 14.5 Å². The van der Waals surface area contributed by atoms with Crippen molar-refractivity contribution in [3.8, 4) is 0 Å². The van der Waals surface area contributed by atoms with Gasteiger partial charge in [-0.25, -0.2) is 10.6 Å². The monoisotopic (exact) mass is 403 g/mol. The number of nitrogens with two attached hydrogens (primary N) is 1. The number of carbonyl (C=O) groups excluding carboxylic acids is 2. The van der Waals surface area contributed by atoms with E-state index in [2.05, 4.69) is 10.7 Å². The molecule has 1 aromatic carbocycles. The molecule has 0 saturated carbocycles. The standard InChI is InChI=1S/C21H29N3O5/c1-20(2,19(27)24-22)10-12-28-21(3,4)9-11-23-17(25)15-13-14-7-5-6-8-16(14)29-18(15)26/h5-8,13H,9-12,22H2,1-4H3,(H,23,25)(H,24,27). The molecule has 0 atom stereocenters. The Labute approximate surface area is 169 Å². The van der Waals surface area contributed by atoms with E-state index in [4.69, 9.17) is 15.0 Å². The first kappa shape index (κ1) is 22.6. The Balaban J connectivity index is 1.87. The van der Waals surface area contributed by atoms with Crippen LogP contribution in [0.4, 0.5) is 0 Å². The fraction of sp³-hybridized carbons (Fsp3) is 0.476. The Morgan fingerprint density at radius 1 is 1.14 bits per heavy atom. The molecule has 2 amide bonds. The summed E-state index contributed by atoms with van der Waals surface area (Å²) in [6, 6.07) is 8.55. The van der Waals surface area contributed by atoms with Gasteiger partial charge in [-0.05, 0) is 38.8 Å². The van der Waals surface area contributed by atoms with E-state index >= 15 is 0 Å². The number of para-hydroxylation sites is 1. The van der Waals surface area contributed by atoms with Crippen LogP contribution in [0.5, 0.6) is 0 Å². The van der Waals surface area contributed by atoms with Crippen LogP contribution in [0.1, 0.15) is 50.9 Å². The highest BCUT2D eigenvalue weighted by Gasteiger charge is 2.28. The Kier molecular flexibility index (Phi) is 7.16. The number of hydrazine groups is 1. The molecule has 0 aliphatic heterocycles. The van der Waals surface area contributed by atoms with Gasteiger partial charge >= 0.3 is 5.63 Å². The van der Waals surface area contributed by atoms with Gasteiger partial charge in [0.05, 0.1) is 5.60 Å². The Morgan fingerprint density at radius 3 is 2.52 bits per heavy atom. The number of hydrogen-bond acceptors (Lipinski definition) is 6. The second-order valence-corrected chi connectivity index (χ2v) is 8.21. The predicted molar refractivity (Wildman–Crippen MR) is 110 cm³/mol. The molecule has 8 heteroatoms. The minimum absolute atomic E-state index is 0.0306. The molecule has 0 fully saturated rings. The lowest BCUT2D eigenvalue weighted by Gasteiger charge is -2.28. The van der Waals surface area contributed by atoms with Crippen LogP contribution in [0.25, 0.3) is 11.0 Å². The lowest BCUT2D eigenvalue weighted by Crippen LogP contribution is -2.42. The summed E-state index contributed by atoms with van der Waals surface area (Å²) in [6.07, 6.45) is 1.03. The lowest BCUT2D eigenvalue weighted by atomic mass is 9.89. The number of benzene rings is 1. The van der Waals surface area contributed by atoms with Gasteiger partial charge in [-0.3, -0.25) is 15.0 Å². The molecule has 1 heterocycles. The van der Waals surface area contributed by atoms with E-state index in [1.807, 2.05) is 19.9 Å². The van der Waals surface area contributed by atoms with Crippen molar-refractivity contribution in [2.45, 2.75) is 46.1 Å². The summed E-state index contributed by atoms with van der Waals surface area (Å²) >= 11 is 0. The molecule has 2 aromatic rings. The quantitative estimate of drug-likeness (QED) is 0.255. The summed E-state index contributed by atoms with van der Waals surface area (Å²) < 4.78 is 11.1. The molecule has 1 aromatic heterocycles. The van der Waals surface area contributed by atoms with Gasteiger partial charge in [-0.1, -0.05) is 32.0 Å². The average Bonchev–Trinajstić information content (AvgIpc) is 2.66. The fourth-order valence-corrected chi connectivity index (χ4v) is 2.76.